The van der Waals surface area contributed by atoms with Gasteiger partial charge in [0.25, 0.3) is 0 Å². The maximum atomic E-state index is 3.56. The van der Waals surface area contributed by atoms with Gasteiger partial charge in [0.2, 0.25) is 0 Å². The highest BCUT2D eigenvalue weighted by Gasteiger charge is 2.13. The fourth-order valence-electron chi connectivity index (χ4n) is 1.93. The van der Waals surface area contributed by atoms with Crippen molar-refractivity contribution in [1.82, 2.24) is 5.32 Å². The first-order chi connectivity index (χ1) is 8.37. The molecule has 0 saturated carbocycles. The highest BCUT2D eigenvalue weighted by atomic mass is 79.9. The second kappa shape index (κ2) is 6.58. The Bertz CT molecular complexity index is 379. The summed E-state index contributed by atoms with van der Waals surface area (Å²) in [6.45, 7) is 14.0. The molecular formula is C15H25BrN2. The van der Waals surface area contributed by atoms with E-state index in [-0.39, 0.29) is 5.54 Å². The maximum Gasteiger partial charge on any atom is 0.0412 e. The van der Waals surface area contributed by atoms with Crippen molar-refractivity contribution in [2.75, 3.05) is 18.0 Å². The first-order valence-corrected chi connectivity index (χ1v) is 7.45. The summed E-state index contributed by atoms with van der Waals surface area (Å²) in [5, 5.41) is 3.56. The number of nitrogens with zero attached hydrogens (tertiary/aromatic N) is 1. The first kappa shape index (κ1) is 15.5. The molecule has 0 amide bonds. The third kappa shape index (κ3) is 4.62. The number of rotatable bonds is 5. The Morgan fingerprint density at radius 3 is 2.28 bits per heavy atom. The SMILES string of the molecule is CCN(CC)c1ccc(Br)cc1CNC(C)(C)C. The van der Waals surface area contributed by atoms with Gasteiger partial charge in [-0.25, -0.2) is 0 Å². The summed E-state index contributed by atoms with van der Waals surface area (Å²) in [4.78, 5) is 2.39. The van der Waals surface area contributed by atoms with Crippen LogP contribution in [0.1, 0.15) is 40.2 Å². The number of anilines is 1. The van der Waals surface area contributed by atoms with Gasteiger partial charge in [0.05, 0.1) is 0 Å². The third-order valence-corrected chi connectivity index (χ3v) is 3.45. The van der Waals surface area contributed by atoms with Crippen LogP contribution >= 0.6 is 15.9 Å². The van der Waals surface area contributed by atoms with Gasteiger partial charge < -0.3 is 10.2 Å². The molecule has 1 N–H and O–H groups in total. The number of nitrogens with one attached hydrogen (secondary N) is 1. The van der Waals surface area contributed by atoms with Crippen LogP contribution in [0.4, 0.5) is 5.69 Å². The number of hydrogen-bond acceptors (Lipinski definition) is 2. The van der Waals surface area contributed by atoms with Crippen LogP contribution in [0.2, 0.25) is 0 Å². The molecule has 102 valence electrons. The third-order valence-electron chi connectivity index (χ3n) is 2.95. The van der Waals surface area contributed by atoms with Gasteiger partial charge >= 0.3 is 0 Å². The normalized spacial score (nSPS) is 11.7. The van der Waals surface area contributed by atoms with Crippen molar-refractivity contribution in [3.8, 4) is 0 Å². The van der Waals surface area contributed by atoms with Crippen LogP contribution in [-0.4, -0.2) is 18.6 Å². The maximum absolute atomic E-state index is 3.56. The van der Waals surface area contributed by atoms with Crippen LogP contribution in [0, 0.1) is 0 Å². The Morgan fingerprint density at radius 2 is 1.78 bits per heavy atom. The van der Waals surface area contributed by atoms with Crippen LogP contribution in [-0.2, 0) is 6.54 Å². The summed E-state index contributed by atoms with van der Waals surface area (Å²) in [6.07, 6.45) is 0. The molecule has 0 aromatic heterocycles. The standard InChI is InChI=1S/C15H25BrN2/c1-6-18(7-2)14-9-8-13(16)10-12(14)11-17-15(3,4)5/h8-10,17H,6-7,11H2,1-5H3. The van der Waals surface area contributed by atoms with Gasteiger partial charge in [0, 0.05) is 35.3 Å². The van der Waals surface area contributed by atoms with Gasteiger partial charge in [0.15, 0.2) is 0 Å². The van der Waals surface area contributed by atoms with E-state index in [9.17, 15) is 0 Å². The number of halogens is 1. The van der Waals surface area contributed by atoms with E-state index >= 15 is 0 Å². The topological polar surface area (TPSA) is 15.3 Å². The minimum Gasteiger partial charge on any atom is -0.372 e. The second-order valence-electron chi connectivity index (χ2n) is 5.55. The van der Waals surface area contributed by atoms with Gasteiger partial charge in [-0.15, -0.1) is 0 Å². The van der Waals surface area contributed by atoms with Crippen LogP contribution in [0.25, 0.3) is 0 Å². The Hall–Kier alpha value is -0.540. The Kier molecular flexibility index (Phi) is 5.67. The lowest BCUT2D eigenvalue weighted by molar-refractivity contribution is 0.424. The highest BCUT2D eigenvalue weighted by Crippen LogP contribution is 2.25. The zero-order valence-electron chi connectivity index (χ0n) is 12.2. The molecule has 0 spiro atoms. The molecular weight excluding hydrogens is 288 g/mol. The van der Waals surface area contributed by atoms with Crippen molar-refractivity contribution in [2.24, 2.45) is 0 Å². The minimum atomic E-state index is 0.142. The van der Waals surface area contributed by atoms with Crippen molar-refractivity contribution < 1.29 is 0 Å². The smallest absolute Gasteiger partial charge is 0.0412 e. The van der Waals surface area contributed by atoms with Gasteiger partial charge in [0.1, 0.15) is 0 Å². The molecule has 3 heteroatoms. The Balaban J connectivity index is 2.96. The van der Waals surface area contributed by atoms with E-state index < -0.39 is 0 Å². The fraction of sp³-hybridized carbons (Fsp3) is 0.600. The van der Waals surface area contributed by atoms with E-state index in [2.05, 4.69) is 79.0 Å². The summed E-state index contributed by atoms with van der Waals surface area (Å²) in [5.41, 5.74) is 2.83. The Labute approximate surface area is 120 Å². The van der Waals surface area contributed by atoms with E-state index in [1.54, 1.807) is 0 Å². The molecule has 0 radical (unpaired) electrons. The zero-order chi connectivity index (χ0) is 13.8. The Morgan fingerprint density at radius 1 is 1.17 bits per heavy atom. The van der Waals surface area contributed by atoms with E-state index in [1.165, 1.54) is 11.3 Å². The van der Waals surface area contributed by atoms with Crippen LogP contribution in [0.5, 0.6) is 0 Å². The van der Waals surface area contributed by atoms with Gasteiger partial charge in [-0.3, -0.25) is 0 Å². The van der Waals surface area contributed by atoms with Crippen molar-refractivity contribution in [3.63, 3.8) is 0 Å². The van der Waals surface area contributed by atoms with Gasteiger partial charge in [-0.1, -0.05) is 15.9 Å². The molecule has 18 heavy (non-hydrogen) atoms. The summed E-state index contributed by atoms with van der Waals surface area (Å²) >= 11 is 3.56. The molecule has 0 aliphatic carbocycles. The van der Waals surface area contributed by atoms with Crippen LogP contribution in [0.15, 0.2) is 22.7 Å². The quantitative estimate of drug-likeness (QED) is 0.877. The molecule has 0 aliphatic heterocycles. The molecule has 1 aromatic carbocycles. The molecule has 0 atom stereocenters. The molecule has 0 unspecified atom stereocenters. The molecule has 0 bridgehead atoms. The van der Waals surface area contributed by atoms with E-state index in [0.29, 0.717) is 0 Å². The zero-order valence-corrected chi connectivity index (χ0v) is 13.8. The monoisotopic (exact) mass is 312 g/mol. The predicted octanol–water partition coefficient (Wildman–Crippen LogP) is 4.18. The van der Waals surface area contributed by atoms with Gasteiger partial charge in [-0.2, -0.15) is 0 Å². The van der Waals surface area contributed by atoms with Crippen LogP contribution in [0.3, 0.4) is 0 Å². The summed E-state index contributed by atoms with van der Waals surface area (Å²) in [5.74, 6) is 0. The molecule has 0 saturated heterocycles. The lowest BCUT2D eigenvalue weighted by Gasteiger charge is -2.27. The highest BCUT2D eigenvalue weighted by molar-refractivity contribution is 9.10. The summed E-state index contributed by atoms with van der Waals surface area (Å²) in [6, 6.07) is 6.54. The lowest BCUT2D eigenvalue weighted by Crippen LogP contribution is -2.35. The minimum absolute atomic E-state index is 0.142. The predicted molar refractivity (Wildman–Crippen MR) is 84.3 cm³/mol. The molecule has 1 rings (SSSR count). The average molecular weight is 313 g/mol. The van der Waals surface area contributed by atoms with Crippen molar-refractivity contribution in [1.29, 1.82) is 0 Å². The molecule has 0 fully saturated rings. The fourth-order valence-corrected chi connectivity index (χ4v) is 2.34. The van der Waals surface area contributed by atoms with Crippen molar-refractivity contribution in [2.45, 2.75) is 46.7 Å². The van der Waals surface area contributed by atoms with Crippen molar-refractivity contribution >= 4 is 21.6 Å². The number of hydrogen-bond donors (Lipinski definition) is 1. The van der Waals surface area contributed by atoms with E-state index in [0.717, 1.165) is 24.1 Å². The summed E-state index contributed by atoms with van der Waals surface area (Å²) in [7, 11) is 0. The lowest BCUT2D eigenvalue weighted by atomic mass is 10.1. The first-order valence-electron chi connectivity index (χ1n) is 6.65. The van der Waals surface area contributed by atoms with E-state index in [4.69, 9.17) is 0 Å². The molecule has 0 heterocycles. The average Bonchev–Trinajstić information content (AvgIpc) is 2.29. The second-order valence-corrected chi connectivity index (χ2v) is 6.46. The molecule has 1 aromatic rings. The van der Waals surface area contributed by atoms with Gasteiger partial charge in [-0.05, 0) is 58.4 Å². The molecule has 0 aliphatic rings. The van der Waals surface area contributed by atoms with E-state index in [1.807, 2.05) is 0 Å². The largest absolute Gasteiger partial charge is 0.372 e. The van der Waals surface area contributed by atoms with Crippen LogP contribution < -0.4 is 10.2 Å². The number of benzene rings is 1. The summed E-state index contributed by atoms with van der Waals surface area (Å²) < 4.78 is 1.14. The molecule has 2 nitrogen and oxygen atoms in total. The van der Waals surface area contributed by atoms with Crippen molar-refractivity contribution in [3.05, 3.63) is 28.2 Å².